The minimum atomic E-state index is -1.26. The normalized spacial score (nSPS) is 28.6. The number of alkyl halides is 1. The number of hydrogen-bond acceptors (Lipinski definition) is 7. The van der Waals surface area contributed by atoms with Crippen molar-refractivity contribution in [2.24, 2.45) is 11.8 Å². The zero-order valence-corrected chi connectivity index (χ0v) is 24.8. The van der Waals surface area contributed by atoms with Crippen LogP contribution in [0.3, 0.4) is 0 Å². The molecule has 0 saturated carbocycles. The van der Waals surface area contributed by atoms with Crippen molar-refractivity contribution in [2.45, 2.75) is 61.4 Å². The number of fused-ring (bicyclic) bond motifs is 1. The van der Waals surface area contributed by atoms with Gasteiger partial charge in [-0.05, 0) is 25.3 Å². The third-order valence-electron chi connectivity index (χ3n) is 7.99. The molecule has 1 aromatic carbocycles. The zero-order valence-electron chi connectivity index (χ0n) is 23.2. The van der Waals surface area contributed by atoms with Gasteiger partial charge in [0.25, 0.3) is 0 Å². The fraction of sp³-hybridized carbons (Fsp3) is 0.533. The first kappa shape index (κ1) is 30.9. The molecular weight excluding hydrogens is 594 g/mol. The molecule has 3 heterocycles. The standard InChI is InChI=1S/C30H38BrN3O7/c1-4-6-12-22(36)32-17-19(3)40-29(39)23-24-27(37)34(14-15-35)26(30(24)16-21(31)25(23)41-30)28(38)33(13-5-2)18-20-10-8-7-9-11-20/h4-5,7-11,19,21,23-26,35H,1-2,6,12-18H2,3H3,(H,32,36)/t19-,21?,23-,24+,25-,26-,30+/m1/s1. The summed E-state index contributed by atoms with van der Waals surface area (Å²) >= 11 is 3.63. The smallest absolute Gasteiger partial charge is 0.312 e. The highest BCUT2D eigenvalue weighted by Crippen LogP contribution is 2.60. The van der Waals surface area contributed by atoms with Crippen LogP contribution in [0.2, 0.25) is 0 Å². The molecule has 1 unspecified atom stereocenters. The molecular formula is C30H38BrN3O7. The number of benzene rings is 1. The van der Waals surface area contributed by atoms with E-state index in [-0.39, 0.29) is 49.3 Å². The summed E-state index contributed by atoms with van der Waals surface area (Å²) in [5.74, 6) is -3.42. The van der Waals surface area contributed by atoms with Crippen LogP contribution in [0.15, 0.2) is 55.6 Å². The lowest BCUT2D eigenvalue weighted by Crippen LogP contribution is -2.56. The van der Waals surface area contributed by atoms with Crippen molar-refractivity contribution in [2.75, 3.05) is 26.2 Å². The maximum atomic E-state index is 14.2. The van der Waals surface area contributed by atoms with E-state index in [9.17, 15) is 24.3 Å². The molecule has 222 valence electrons. The van der Waals surface area contributed by atoms with Crippen LogP contribution in [0.1, 0.15) is 31.7 Å². The number of nitrogens with zero attached hydrogens (tertiary/aromatic N) is 2. The Kier molecular flexibility index (Phi) is 10.0. The van der Waals surface area contributed by atoms with Gasteiger partial charge in [-0.3, -0.25) is 19.2 Å². The second kappa shape index (κ2) is 13.3. The Hall–Kier alpha value is -3.02. The summed E-state index contributed by atoms with van der Waals surface area (Å²) in [5, 5.41) is 12.6. The fourth-order valence-corrected chi connectivity index (χ4v) is 7.23. The van der Waals surface area contributed by atoms with Gasteiger partial charge in [-0.1, -0.05) is 58.4 Å². The van der Waals surface area contributed by atoms with Gasteiger partial charge >= 0.3 is 5.97 Å². The van der Waals surface area contributed by atoms with Crippen LogP contribution in [0, 0.1) is 11.8 Å². The molecule has 3 aliphatic rings. The van der Waals surface area contributed by atoms with Crippen LogP contribution in [0.4, 0.5) is 0 Å². The monoisotopic (exact) mass is 631 g/mol. The van der Waals surface area contributed by atoms with Gasteiger partial charge in [0.05, 0.1) is 31.1 Å². The van der Waals surface area contributed by atoms with Crippen molar-refractivity contribution in [1.29, 1.82) is 0 Å². The zero-order chi connectivity index (χ0) is 29.7. The van der Waals surface area contributed by atoms with Gasteiger partial charge in [0, 0.05) is 30.9 Å². The highest BCUT2D eigenvalue weighted by atomic mass is 79.9. The van der Waals surface area contributed by atoms with E-state index in [1.54, 1.807) is 24.0 Å². The Morgan fingerprint density at radius 3 is 2.68 bits per heavy atom. The van der Waals surface area contributed by atoms with Crippen LogP contribution >= 0.6 is 15.9 Å². The summed E-state index contributed by atoms with van der Waals surface area (Å²) in [6.07, 6.45) is 3.14. The lowest BCUT2D eigenvalue weighted by atomic mass is 9.70. The Balaban J connectivity index is 1.58. The molecule has 0 aliphatic carbocycles. The lowest BCUT2D eigenvalue weighted by molar-refractivity contribution is -0.159. The number of hydrogen-bond donors (Lipinski definition) is 2. The predicted molar refractivity (Wildman–Crippen MR) is 155 cm³/mol. The molecule has 3 aliphatic heterocycles. The van der Waals surface area contributed by atoms with Gasteiger partial charge in [0.15, 0.2) is 0 Å². The maximum Gasteiger partial charge on any atom is 0.312 e. The first-order chi connectivity index (χ1) is 19.7. The van der Waals surface area contributed by atoms with Crippen LogP contribution in [0.5, 0.6) is 0 Å². The molecule has 0 radical (unpaired) electrons. The number of nitrogens with one attached hydrogen (secondary N) is 1. The van der Waals surface area contributed by atoms with Crippen LogP contribution < -0.4 is 5.32 Å². The van der Waals surface area contributed by atoms with E-state index in [1.807, 2.05) is 30.3 Å². The summed E-state index contributed by atoms with van der Waals surface area (Å²) in [5.41, 5.74) is -0.346. The summed E-state index contributed by atoms with van der Waals surface area (Å²) in [7, 11) is 0. The van der Waals surface area contributed by atoms with E-state index in [2.05, 4.69) is 34.4 Å². The number of rotatable bonds is 14. The molecule has 2 bridgehead atoms. The van der Waals surface area contributed by atoms with E-state index < -0.39 is 47.6 Å². The first-order valence-corrected chi connectivity index (χ1v) is 14.8. The van der Waals surface area contributed by atoms with Crippen LogP contribution in [0.25, 0.3) is 0 Å². The van der Waals surface area contributed by atoms with Gasteiger partial charge in [0.2, 0.25) is 17.7 Å². The van der Waals surface area contributed by atoms with Gasteiger partial charge in [-0.15, -0.1) is 13.2 Å². The molecule has 0 aromatic heterocycles. The summed E-state index contributed by atoms with van der Waals surface area (Å²) in [4.78, 5) is 56.3. The lowest BCUT2D eigenvalue weighted by Gasteiger charge is -2.37. The minimum absolute atomic E-state index is 0.0728. The van der Waals surface area contributed by atoms with E-state index in [1.165, 1.54) is 4.90 Å². The molecule has 2 N–H and O–H groups in total. The Bertz CT molecular complexity index is 1160. The van der Waals surface area contributed by atoms with Crippen molar-refractivity contribution >= 4 is 39.6 Å². The molecule has 10 nitrogen and oxygen atoms in total. The molecule has 3 amide bonds. The number of β-amino-alcohol motifs (C(OH)–C–C–N with tert-alkyl or cyclic N) is 1. The second-order valence-electron chi connectivity index (χ2n) is 10.8. The largest absolute Gasteiger partial charge is 0.460 e. The fourth-order valence-electron chi connectivity index (χ4n) is 6.29. The number of likely N-dealkylation sites (tertiary alicyclic amines) is 1. The molecule has 41 heavy (non-hydrogen) atoms. The first-order valence-electron chi connectivity index (χ1n) is 13.9. The van der Waals surface area contributed by atoms with Crippen molar-refractivity contribution < 1.29 is 33.8 Å². The number of aliphatic hydroxyl groups is 1. The Labute approximate surface area is 248 Å². The predicted octanol–water partition coefficient (Wildman–Crippen LogP) is 1.96. The van der Waals surface area contributed by atoms with Gasteiger partial charge < -0.3 is 29.7 Å². The molecule has 3 saturated heterocycles. The van der Waals surface area contributed by atoms with Crippen molar-refractivity contribution in [3.05, 3.63) is 61.2 Å². The number of carbonyl (C=O) groups is 4. The molecule has 11 heteroatoms. The number of ether oxygens (including phenoxy) is 2. The van der Waals surface area contributed by atoms with Crippen molar-refractivity contribution in [1.82, 2.24) is 15.1 Å². The van der Waals surface area contributed by atoms with Crippen LogP contribution in [-0.2, 0) is 35.2 Å². The number of allylic oxidation sites excluding steroid dienone is 1. The molecule has 3 fully saturated rings. The average molecular weight is 633 g/mol. The summed E-state index contributed by atoms with van der Waals surface area (Å²) in [6, 6.07) is 8.47. The topological polar surface area (TPSA) is 125 Å². The Morgan fingerprint density at radius 2 is 2.02 bits per heavy atom. The van der Waals surface area contributed by atoms with Gasteiger partial charge in [0.1, 0.15) is 17.7 Å². The van der Waals surface area contributed by atoms with Crippen molar-refractivity contribution in [3.8, 4) is 0 Å². The van der Waals surface area contributed by atoms with E-state index >= 15 is 0 Å². The highest BCUT2D eigenvalue weighted by Gasteiger charge is 2.77. The molecule has 4 rings (SSSR count). The van der Waals surface area contributed by atoms with E-state index in [4.69, 9.17) is 9.47 Å². The number of amides is 3. The number of esters is 1. The number of carbonyl (C=O) groups excluding carboxylic acids is 4. The third-order valence-corrected chi connectivity index (χ3v) is 8.84. The average Bonchev–Trinajstić information content (AvgIpc) is 3.54. The number of halogens is 1. The van der Waals surface area contributed by atoms with Gasteiger partial charge in [-0.2, -0.15) is 0 Å². The van der Waals surface area contributed by atoms with Crippen molar-refractivity contribution in [3.63, 3.8) is 0 Å². The van der Waals surface area contributed by atoms with Crippen LogP contribution in [-0.4, -0.2) is 93.5 Å². The highest BCUT2D eigenvalue weighted by molar-refractivity contribution is 9.09. The quantitative estimate of drug-likeness (QED) is 0.183. The maximum absolute atomic E-state index is 14.2. The van der Waals surface area contributed by atoms with Gasteiger partial charge in [-0.25, -0.2) is 0 Å². The van der Waals surface area contributed by atoms with E-state index in [0.29, 0.717) is 19.4 Å². The Morgan fingerprint density at radius 1 is 1.29 bits per heavy atom. The molecule has 7 atom stereocenters. The minimum Gasteiger partial charge on any atom is -0.460 e. The third kappa shape index (κ3) is 6.12. The molecule has 1 spiro atoms. The number of aliphatic hydroxyl groups excluding tert-OH is 1. The summed E-state index contributed by atoms with van der Waals surface area (Å²) in [6.45, 7) is 9.31. The second-order valence-corrected chi connectivity index (χ2v) is 12.0. The van der Waals surface area contributed by atoms with E-state index in [0.717, 1.165) is 5.56 Å². The SMILES string of the molecule is C=CCCC(=O)NC[C@@H](C)OC(=O)[C@H]1[C@@H]2O[C@@]3(CC2Br)[C@@H]1C(=O)N(CCO)[C@@H]3C(=O)N(CC=C)Cc1ccccc1. The molecule has 1 aromatic rings. The summed E-state index contributed by atoms with van der Waals surface area (Å²) < 4.78 is 12.2.